The molecule has 1 nitrogen and oxygen atoms in total. The second kappa shape index (κ2) is 10.8. The predicted octanol–water partition coefficient (Wildman–Crippen LogP) is 8.39. The van der Waals surface area contributed by atoms with Gasteiger partial charge in [-0.1, -0.05) is 80.0 Å². The number of hydrogen-bond donors (Lipinski definition) is 0. The van der Waals surface area contributed by atoms with Crippen molar-refractivity contribution >= 4 is 16.9 Å². The van der Waals surface area contributed by atoms with Gasteiger partial charge < -0.3 is 0 Å². The predicted molar refractivity (Wildman–Crippen MR) is 133 cm³/mol. The van der Waals surface area contributed by atoms with E-state index in [-0.39, 0.29) is 10.5 Å². The lowest BCUT2D eigenvalue weighted by molar-refractivity contribution is -0.107. The van der Waals surface area contributed by atoms with Gasteiger partial charge in [0.15, 0.2) is 0 Å². The molecule has 1 atom stereocenters. The molecule has 0 fully saturated rings. The molecule has 0 spiro atoms. The molecule has 1 unspecified atom stereocenters. The van der Waals surface area contributed by atoms with E-state index in [2.05, 4.69) is 52.8 Å². The molecule has 160 valence electrons. The van der Waals surface area contributed by atoms with Gasteiger partial charge in [-0.2, -0.15) is 0 Å². The summed E-state index contributed by atoms with van der Waals surface area (Å²) >= 11 is 1.26. The Bertz CT molecular complexity index is 904. The van der Waals surface area contributed by atoms with Gasteiger partial charge in [0.2, 0.25) is 5.12 Å². The highest BCUT2D eigenvalue weighted by Gasteiger charge is 2.29. The first-order chi connectivity index (χ1) is 14.1. The first kappa shape index (κ1) is 24.2. The molecule has 0 amide bonds. The summed E-state index contributed by atoms with van der Waals surface area (Å²) in [5, 5.41) is 0.0534. The Morgan fingerprint density at radius 1 is 1.07 bits per heavy atom. The molecule has 2 heteroatoms. The molecule has 30 heavy (non-hydrogen) atoms. The van der Waals surface area contributed by atoms with Gasteiger partial charge in [-0.05, 0) is 93.0 Å². The van der Waals surface area contributed by atoms with E-state index in [0.29, 0.717) is 5.92 Å². The van der Waals surface area contributed by atoms with E-state index in [0.717, 1.165) is 10.5 Å². The van der Waals surface area contributed by atoms with Crippen molar-refractivity contribution in [1.82, 2.24) is 0 Å². The summed E-state index contributed by atoms with van der Waals surface area (Å²) in [7, 11) is 0. The average Bonchev–Trinajstić information content (AvgIpc) is 2.66. The largest absolute Gasteiger partial charge is 0.282 e. The summed E-state index contributed by atoms with van der Waals surface area (Å²) < 4.78 is 0. The maximum Gasteiger partial charge on any atom is 0.217 e. The van der Waals surface area contributed by atoms with E-state index < -0.39 is 0 Å². The van der Waals surface area contributed by atoms with E-state index in [1.54, 1.807) is 6.08 Å². The zero-order chi connectivity index (χ0) is 22.3. The smallest absolute Gasteiger partial charge is 0.217 e. The minimum Gasteiger partial charge on any atom is -0.282 e. The summed E-state index contributed by atoms with van der Waals surface area (Å²) in [5.41, 5.74) is 6.60. The Morgan fingerprint density at radius 3 is 2.40 bits per heavy atom. The fourth-order valence-corrected chi connectivity index (χ4v) is 4.44. The Morgan fingerprint density at radius 2 is 1.73 bits per heavy atom. The monoisotopic (exact) mass is 420 g/mol. The van der Waals surface area contributed by atoms with Gasteiger partial charge in [-0.3, -0.25) is 4.79 Å². The molecule has 0 N–H and O–H groups in total. The van der Waals surface area contributed by atoms with Gasteiger partial charge in [0.05, 0.1) is 0 Å². The maximum atomic E-state index is 12.2. The van der Waals surface area contributed by atoms with Crippen molar-refractivity contribution in [3.05, 3.63) is 88.6 Å². The van der Waals surface area contributed by atoms with Crippen LogP contribution < -0.4 is 0 Å². The average molecular weight is 421 g/mol. The van der Waals surface area contributed by atoms with E-state index in [1.165, 1.54) is 46.9 Å². The van der Waals surface area contributed by atoms with Crippen molar-refractivity contribution in [3.63, 3.8) is 0 Å². The number of allylic oxidation sites excluding steroid dienone is 9. The van der Waals surface area contributed by atoms with Crippen molar-refractivity contribution in [2.45, 2.75) is 66.2 Å². The van der Waals surface area contributed by atoms with E-state index >= 15 is 0 Å². The Kier molecular flexibility index (Phi) is 8.73. The van der Waals surface area contributed by atoms with Crippen molar-refractivity contribution in [3.8, 4) is 0 Å². The van der Waals surface area contributed by atoms with Gasteiger partial charge in [0.1, 0.15) is 0 Å². The summed E-state index contributed by atoms with van der Waals surface area (Å²) in [4.78, 5) is 13.2. The summed E-state index contributed by atoms with van der Waals surface area (Å²) in [6.45, 7) is 15.4. The topological polar surface area (TPSA) is 17.1 Å². The molecule has 1 aromatic rings. The van der Waals surface area contributed by atoms with Crippen molar-refractivity contribution in [2.24, 2.45) is 11.3 Å². The van der Waals surface area contributed by atoms with Crippen molar-refractivity contribution < 1.29 is 4.79 Å². The highest BCUT2D eigenvalue weighted by Crippen LogP contribution is 2.43. The molecule has 2 rings (SSSR count). The number of carbonyl (C=O) groups excluding carboxylic acids is 1. The van der Waals surface area contributed by atoms with E-state index in [1.807, 2.05) is 50.3 Å². The molecule has 1 aromatic carbocycles. The number of carbonyl (C=O) groups is 1. The first-order valence-corrected chi connectivity index (χ1v) is 11.6. The standard InChI is InChI=1S/C28H36OS/c1-20(13-16-26-24(5)23(4)17-18-28(26,6)7)9-8-10-22(3)19-27(29)30-25-14-11-21(2)12-15-25/h8-16,19,23H,17-18H2,1-7H3/b10-8+,16-13+,20-9+,22-19-. The molecule has 0 aromatic heterocycles. The van der Waals surface area contributed by atoms with Crippen LogP contribution in [0.3, 0.4) is 0 Å². The quantitative estimate of drug-likeness (QED) is 0.261. The van der Waals surface area contributed by atoms with Crippen molar-refractivity contribution in [1.29, 1.82) is 0 Å². The van der Waals surface area contributed by atoms with Crippen LogP contribution in [0.15, 0.2) is 87.9 Å². The number of benzene rings is 1. The molecule has 1 aliphatic carbocycles. The normalized spacial score (nSPS) is 20.4. The van der Waals surface area contributed by atoms with Gasteiger partial charge >= 0.3 is 0 Å². The zero-order valence-corrected chi connectivity index (χ0v) is 20.4. The lowest BCUT2D eigenvalue weighted by Crippen LogP contribution is -2.23. The molecule has 1 aliphatic rings. The molecule has 0 heterocycles. The summed E-state index contributed by atoms with van der Waals surface area (Å²) in [5.74, 6) is 0.671. The molecule has 0 aliphatic heterocycles. The number of aryl methyl sites for hydroxylation is 1. The molecule has 0 radical (unpaired) electrons. The minimum atomic E-state index is 0.0534. The Hall–Kier alpha value is -2.06. The third kappa shape index (κ3) is 7.32. The van der Waals surface area contributed by atoms with Gasteiger partial charge in [0.25, 0.3) is 0 Å². The fraction of sp³-hybridized carbons (Fsp3) is 0.393. The third-order valence-electron chi connectivity index (χ3n) is 5.91. The maximum absolute atomic E-state index is 12.2. The Labute approximate surface area is 187 Å². The molecular weight excluding hydrogens is 384 g/mol. The minimum absolute atomic E-state index is 0.0534. The molecule has 0 saturated carbocycles. The summed E-state index contributed by atoms with van der Waals surface area (Å²) in [6, 6.07) is 8.03. The number of rotatable bonds is 6. The zero-order valence-electron chi connectivity index (χ0n) is 19.6. The number of thioether (sulfide) groups is 1. The van der Waals surface area contributed by atoms with Crippen LogP contribution in [-0.4, -0.2) is 5.12 Å². The van der Waals surface area contributed by atoms with Crippen LogP contribution in [0.2, 0.25) is 0 Å². The lowest BCUT2D eigenvalue weighted by Gasteiger charge is -2.36. The van der Waals surface area contributed by atoms with Crippen LogP contribution in [0.25, 0.3) is 0 Å². The lowest BCUT2D eigenvalue weighted by atomic mass is 9.69. The summed E-state index contributed by atoms with van der Waals surface area (Å²) in [6.07, 6.45) is 14.8. The highest BCUT2D eigenvalue weighted by atomic mass is 32.2. The first-order valence-electron chi connectivity index (χ1n) is 10.8. The SMILES string of the molecule is CC1=C(/C=C/C(C)=C/C=C/C(C)=C\C(=O)Sc2ccc(C)cc2)C(C)(C)CCC1C. The molecule has 0 saturated heterocycles. The van der Waals surface area contributed by atoms with Gasteiger partial charge in [0, 0.05) is 4.90 Å². The molecular formula is C28H36OS. The van der Waals surface area contributed by atoms with Crippen LogP contribution in [0.4, 0.5) is 0 Å². The van der Waals surface area contributed by atoms with E-state index in [9.17, 15) is 4.79 Å². The van der Waals surface area contributed by atoms with Crippen molar-refractivity contribution in [2.75, 3.05) is 0 Å². The van der Waals surface area contributed by atoms with Gasteiger partial charge in [-0.25, -0.2) is 0 Å². The number of hydrogen-bond acceptors (Lipinski definition) is 2. The van der Waals surface area contributed by atoms with E-state index in [4.69, 9.17) is 0 Å². The van der Waals surface area contributed by atoms with Crippen LogP contribution >= 0.6 is 11.8 Å². The van der Waals surface area contributed by atoms with Crippen LogP contribution in [0, 0.1) is 18.3 Å². The second-order valence-corrected chi connectivity index (χ2v) is 10.2. The van der Waals surface area contributed by atoms with Crippen LogP contribution in [0.5, 0.6) is 0 Å². The van der Waals surface area contributed by atoms with Gasteiger partial charge in [-0.15, -0.1) is 0 Å². The second-order valence-electron chi connectivity index (χ2n) is 9.15. The molecule has 0 bridgehead atoms. The highest BCUT2D eigenvalue weighted by molar-refractivity contribution is 8.14. The van der Waals surface area contributed by atoms with Crippen LogP contribution in [0.1, 0.15) is 59.9 Å². The van der Waals surface area contributed by atoms with Crippen LogP contribution in [-0.2, 0) is 4.79 Å². The Balaban J connectivity index is 1.99. The fourth-order valence-electron chi connectivity index (χ4n) is 3.69. The third-order valence-corrected chi connectivity index (χ3v) is 6.74.